The number of ether oxygens (including phenoxy) is 1. The summed E-state index contributed by atoms with van der Waals surface area (Å²) in [6.45, 7) is 3.77. The summed E-state index contributed by atoms with van der Waals surface area (Å²) in [5, 5.41) is 0. The minimum absolute atomic E-state index is 0.0176. The molecule has 1 saturated heterocycles. The van der Waals surface area contributed by atoms with E-state index in [0.29, 0.717) is 0 Å². The van der Waals surface area contributed by atoms with E-state index in [1.807, 2.05) is 0 Å². The summed E-state index contributed by atoms with van der Waals surface area (Å²) >= 11 is 0. The summed E-state index contributed by atoms with van der Waals surface area (Å²) < 4.78 is 5.31. The number of morpholine rings is 1. The van der Waals surface area contributed by atoms with E-state index in [1.165, 1.54) is 25.7 Å². The van der Waals surface area contributed by atoms with Gasteiger partial charge in [0.2, 0.25) is 0 Å². The van der Waals surface area contributed by atoms with E-state index >= 15 is 0 Å². The van der Waals surface area contributed by atoms with Crippen LogP contribution >= 0.6 is 0 Å². The van der Waals surface area contributed by atoms with Crippen LogP contribution in [0.1, 0.15) is 25.7 Å². The molecule has 2 fully saturated rings. The summed E-state index contributed by atoms with van der Waals surface area (Å²) in [5.74, 6) is 0. The van der Waals surface area contributed by atoms with Crippen LogP contribution in [0.3, 0.4) is 0 Å². The molecular formula is C9H18N2O. The molecule has 0 spiro atoms. The van der Waals surface area contributed by atoms with Gasteiger partial charge in [0.05, 0.1) is 18.9 Å². The highest BCUT2D eigenvalue weighted by molar-refractivity contribution is 4.90. The van der Waals surface area contributed by atoms with Crippen LogP contribution in [0.2, 0.25) is 0 Å². The number of hydrogen-bond donors (Lipinski definition) is 1. The maximum absolute atomic E-state index is 6.30. The minimum atomic E-state index is 0.0176. The van der Waals surface area contributed by atoms with E-state index in [0.717, 1.165) is 26.3 Å². The molecule has 0 unspecified atom stereocenters. The Hall–Kier alpha value is -0.120. The Morgan fingerprint density at radius 3 is 2.25 bits per heavy atom. The van der Waals surface area contributed by atoms with E-state index in [1.54, 1.807) is 0 Å². The quantitative estimate of drug-likeness (QED) is 0.624. The van der Waals surface area contributed by atoms with Gasteiger partial charge < -0.3 is 10.5 Å². The molecule has 0 bridgehead atoms. The third-order valence-corrected chi connectivity index (χ3v) is 3.11. The van der Waals surface area contributed by atoms with Crippen LogP contribution in [0.25, 0.3) is 0 Å². The van der Waals surface area contributed by atoms with Crippen molar-refractivity contribution in [1.82, 2.24) is 4.90 Å². The van der Waals surface area contributed by atoms with Crippen molar-refractivity contribution in [2.24, 2.45) is 5.73 Å². The normalized spacial score (nSPS) is 30.8. The Morgan fingerprint density at radius 2 is 1.67 bits per heavy atom. The Balaban J connectivity index is 1.96. The molecule has 1 aliphatic carbocycles. The zero-order valence-electron chi connectivity index (χ0n) is 7.59. The van der Waals surface area contributed by atoms with Gasteiger partial charge in [0.15, 0.2) is 0 Å². The van der Waals surface area contributed by atoms with E-state index in [-0.39, 0.29) is 5.66 Å². The van der Waals surface area contributed by atoms with Crippen molar-refractivity contribution in [3.8, 4) is 0 Å². The van der Waals surface area contributed by atoms with Crippen LogP contribution in [0.4, 0.5) is 0 Å². The monoisotopic (exact) mass is 170 g/mol. The molecule has 2 N–H and O–H groups in total. The molecule has 1 heterocycles. The lowest BCUT2D eigenvalue weighted by Gasteiger charge is -2.40. The van der Waals surface area contributed by atoms with E-state index in [9.17, 15) is 0 Å². The van der Waals surface area contributed by atoms with Crippen molar-refractivity contribution in [2.75, 3.05) is 26.3 Å². The Labute approximate surface area is 73.9 Å². The van der Waals surface area contributed by atoms with Crippen molar-refractivity contribution in [1.29, 1.82) is 0 Å². The van der Waals surface area contributed by atoms with Crippen LogP contribution in [0.5, 0.6) is 0 Å². The van der Waals surface area contributed by atoms with Crippen LogP contribution in [0.15, 0.2) is 0 Å². The first-order valence-corrected chi connectivity index (χ1v) is 4.93. The fourth-order valence-electron chi connectivity index (χ4n) is 2.31. The summed E-state index contributed by atoms with van der Waals surface area (Å²) in [4.78, 5) is 2.41. The zero-order chi connectivity index (χ0) is 8.44. The van der Waals surface area contributed by atoms with Gasteiger partial charge in [-0.25, -0.2) is 0 Å². The first kappa shape index (κ1) is 8.48. The fraction of sp³-hybridized carbons (Fsp3) is 1.00. The van der Waals surface area contributed by atoms with Crippen LogP contribution < -0.4 is 5.73 Å². The molecule has 0 aromatic heterocycles. The van der Waals surface area contributed by atoms with Gasteiger partial charge in [-0.2, -0.15) is 0 Å². The van der Waals surface area contributed by atoms with Gasteiger partial charge in [-0.15, -0.1) is 0 Å². The number of nitrogens with two attached hydrogens (primary N) is 1. The second-order valence-electron chi connectivity index (χ2n) is 3.91. The maximum atomic E-state index is 6.30. The minimum Gasteiger partial charge on any atom is -0.379 e. The highest BCUT2D eigenvalue weighted by Crippen LogP contribution is 2.30. The SMILES string of the molecule is NC1(N2CCOCC2)CCCC1. The van der Waals surface area contributed by atoms with Gasteiger partial charge in [-0.3, -0.25) is 4.90 Å². The van der Waals surface area contributed by atoms with Gasteiger partial charge in [-0.05, 0) is 12.8 Å². The average molecular weight is 170 g/mol. The van der Waals surface area contributed by atoms with Crippen LogP contribution in [0, 0.1) is 0 Å². The van der Waals surface area contributed by atoms with Crippen LogP contribution in [-0.4, -0.2) is 36.9 Å². The molecule has 12 heavy (non-hydrogen) atoms. The molecule has 1 saturated carbocycles. The Bertz CT molecular complexity index is 149. The third kappa shape index (κ3) is 1.49. The molecule has 0 radical (unpaired) electrons. The smallest absolute Gasteiger partial charge is 0.0688 e. The van der Waals surface area contributed by atoms with Crippen molar-refractivity contribution >= 4 is 0 Å². The van der Waals surface area contributed by atoms with E-state index in [4.69, 9.17) is 10.5 Å². The molecule has 0 amide bonds. The maximum Gasteiger partial charge on any atom is 0.0688 e. The van der Waals surface area contributed by atoms with Gasteiger partial charge >= 0.3 is 0 Å². The average Bonchev–Trinajstić information content (AvgIpc) is 2.55. The third-order valence-electron chi connectivity index (χ3n) is 3.11. The number of hydrogen-bond acceptors (Lipinski definition) is 3. The zero-order valence-corrected chi connectivity index (χ0v) is 7.59. The fourth-order valence-corrected chi connectivity index (χ4v) is 2.31. The molecule has 3 heteroatoms. The van der Waals surface area contributed by atoms with Crippen molar-refractivity contribution in [3.63, 3.8) is 0 Å². The molecule has 2 rings (SSSR count). The molecule has 0 aromatic rings. The van der Waals surface area contributed by atoms with E-state index in [2.05, 4.69) is 4.90 Å². The van der Waals surface area contributed by atoms with E-state index < -0.39 is 0 Å². The molecule has 0 aromatic carbocycles. The highest BCUT2D eigenvalue weighted by atomic mass is 16.5. The standard InChI is InChI=1S/C9H18N2O/c10-9(3-1-2-4-9)11-5-7-12-8-6-11/h1-8,10H2. The van der Waals surface area contributed by atoms with Gasteiger partial charge in [-0.1, -0.05) is 12.8 Å². The second-order valence-corrected chi connectivity index (χ2v) is 3.91. The second kappa shape index (κ2) is 3.32. The van der Waals surface area contributed by atoms with Crippen molar-refractivity contribution in [3.05, 3.63) is 0 Å². The predicted octanol–water partition coefficient (Wildman–Crippen LogP) is 0.548. The lowest BCUT2D eigenvalue weighted by Crippen LogP contribution is -2.57. The van der Waals surface area contributed by atoms with Crippen molar-refractivity contribution < 1.29 is 4.74 Å². The largest absolute Gasteiger partial charge is 0.379 e. The summed E-state index contributed by atoms with van der Waals surface area (Å²) in [7, 11) is 0. The summed E-state index contributed by atoms with van der Waals surface area (Å²) in [6, 6.07) is 0. The molecular weight excluding hydrogens is 152 g/mol. The molecule has 70 valence electrons. The lowest BCUT2D eigenvalue weighted by atomic mass is 10.1. The van der Waals surface area contributed by atoms with Crippen LogP contribution in [-0.2, 0) is 4.74 Å². The van der Waals surface area contributed by atoms with Gasteiger partial charge in [0.25, 0.3) is 0 Å². The first-order chi connectivity index (χ1) is 5.81. The highest BCUT2D eigenvalue weighted by Gasteiger charge is 2.35. The number of rotatable bonds is 1. The Morgan fingerprint density at radius 1 is 1.08 bits per heavy atom. The van der Waals surface area contributed by atoms with Gasteiger partial charge in [0.1, 0.15) is 0 Å². The van der Waals surface area contributed by atoms with Gasteiger partial charge in [0, 0.05) is 13.1 Å². The molecule has 0 atom stereocenters. The molecule has 3 nitrogen and oxygen atoms in total. The Kier molecular flexibility index (Phi) is 2.35. The summed E-state index contributed by atoms with van der Waals surface area (Å²) in [5.41, 5.74) is 6.32. The van der Waals surface area contributed by atoms with Crippen molar-refractivity contribution in [2.45, 2.75) is 31.3 Å². The lowest BCUT2D eigenvalue weighted by molar-refractivity contribution is -0.0185. The predicted molar refractivity (Wildman–Crippen MR) is 47.8 cm³/mol. The summed E-state index contributed by atoms with van der Waals surface area (Å²) in [6.07, 6.45) is 4.95. The number of nitrogens with zero attached hydrogens (tertiary/aromatic N) is 1. The molecule has 2 aliphatic rings. The first-order valence-electron chi connectivity index (χ1n) is 4.93. The topological polar surface area (TPSA) is 38.5 Å². The molecule has 1 aliphatic heterocycles.